The van der Waals surface area contributed by atoms with Crippen LogP contribution in [0, 0.1) is 0 Å². The average molecular weight is 439 g/mol. The molecule has 2 saturated heterocycles. The number of aliphatic hydroxyl groups excluding tert-OH is 1. The second-order valence-electron chi connectivity index (χ2n) is 8.09. The summed E-state index contributed by atoms with van der Waals surface area (Å²) < 4.78 is 5.35. The van der Waals surface area contributed by atoms with Gasteiger partial charge in [0.2, 0.25) is 6.41 Å². The van der Waals surface area contributed by atoms with Gasteiger partial charge in [-0.25, -0.2) is 14.9 Å². The van der Waals surface area contributed by atoms with Crippen molar-refractivity contribution in [1.82, 2.24) is 30.5 Å². The number of ether oxygens (including phenoxy) is 1. The summed E-state index contributed by atoms with van der Waals surface area (Å²) in [5.74, 6) is 6.64. The highest BCUT2D eigenvalue weighted by molar-refractivity contribution is 5.77. The normalized spacial score (nSPS) is 22.6. The molecule has 3 atom stereocenters. The molecule has 2 aromatic heterocycles. The average Bonchev–Trinajstić information content (AvgIpc) is 3.49. The van der Waals surface area contributed by atoms with Gasteiger partial charge in [0.05, 0.1) is 24.5 Å². The Balaban J connectivity index is 1.43. The third-order valence-electron chi connectivity index (χ3n) is 6.16. The Hall–Kier alpha value is -2.89. The number of nitrogens with two attached hydrogens (primary N) is 1. The van der Waals surface area contributed by atoms with E-state index in [-0.39, 0.29) is 12.1 Å². The molecular formula is C22H30N8O2. The van der Waals surface area contributed by atoms with E-state index < -0.39 is 6.41 Å². The van der Waals surface area contributed by atoms with Crippen LogP contribution in [-0.4, -0.2) is 74.9 Å². The number of aromatic nitrogens is 4. The molecule has 0 radical (unpaired) electrons. The van der Waals surface area contributed by atoms with Crippen LogP contribution in [0.1, 0.15) is 24.6 Å². The second-order valence-corrected chi connectivity index (χ2v) is 8.09. The van der Waals surface area contributed by atoms with Gasteiger partial charge in [-0.15, -0.1) is 0 Å². The van der Waals surface area contributed by atoms with Gasteiger partial charge in [-0.3, -0.25) is 16.4 Å². The molecule has 4 rings (SSSR count). The molecule has 0 aliphatic carbocycles. The van der Waals surface area contributed by atoms with Gasteiger partial charge >= 0.3 is 0 Å². The number of rotatable bonds is 8. The van der Waals surface area contributed by atoms with Crippen LogP contribution >= 0.6 is 0 Å². The van der Waals surface area contributed by atoms with Gasteiger partial charge in [0.1, 0.15) is 12.1 Å². The third kappa shape index (κ3) is 4.64. The van der Waals surface area contributed by atoms with E-state index in [1.165, 1.54) is 0 Å². The Morgan fingerprint density at radius 1 is 1.44 bits per heavy atom. The maximum atomic E-state index is 9.88. The predicted molar refractivity (Wildman–Crippen MR) is 123 cm³/mol. The number of aromatic amines is 1. The van der Waals surface area contributed by atoms with Gasteiger partial charge < -0.3 is 14.7 Å². The number of aliphatic hydroxyl groups is 1. The van der Waals surface area contributed by atoms with Crippen molar-refractivity contribution >= 4 is 17.0 Å². The largest absolute Gasteiger partial charge is 0.356 e. The Morgan fingerprint density at radius 2 is 2.28 bits per heavy atom. The number of piperazine rings is 1. The van der Waals surface area contributed by atoms with Crippen molar-refractivity contribution in [2.45, 2.75) is 31.8 Å². The smallest absolute Gasteiger partial charge is 0.216 e. The van der Waals surface area contributed by atoms with Crippen LogP contribution in [0.4, 0.5) is 5.82 Å². The lowest BCUT2D eigenvalue weighted by atomic mass is 9.95. The predicted octanol–water partition coefficient (Wildman–Crippen LogP) is 0.891. The van der Waals surface area contributed by atoms with Crippen molar-refractivity contribution in [3.8, 4) is 0 Å². The van der Waals surface area contributed by atoms with Crippen molar-refractivity contribution in [1.29, 1.82) is 0 Å². The number of H-pyrrole nitrogens is 1. The van der Waals surface area contributed by atoms with E-state index in [1.54, 1.807) is 12.5 Å². The molecule has 5 N–H and O–H groups in total. The van der Waals surface area contributed by atoms with Crippen molar-refractivity contribution in [2.75, 3.05) is 31.1 Å². The van der Waals surface area contributed by atoms with E-state index >= 15 is 0 Å². The van der Waals surface area contributed by atoms with Gasteiger partial charge in [0.25, 0.3) is 0 Å². The number of nitrogens with one attached hydrogen (secondary N) is 2. The number of allylic oxidation sites excluding steroid dienone is 1. The standard InChI is InChI=1S/C22H30N8O2/c1-14(17-9-26-27-10-17)4-5-19(28-23)15(2)16(3)20-8-21(25-13-24-20)29-6-7-30-18(11-29)12-32-22(30)31/h4,8-10,13,18-19,22,28,31H,2-3,5-7,11-12,23H2,1H3,(H,26,27)/b14-4+/t18?,19-,22+/m1/s1. The number of anilines is 1. The molecule has 0 aromatic carbocycles. The van der Waals surface area contributed by atoms with Crippen LogP contribution in [0.2, 0.25) is 0 Å². The van der Waals surface area contributed by atoms with Crippen molar-refractivity contribution in [3.05, 3.63) is 60.9 Å². The minimum absolute atomic E-state index is 0.145. The highest BCUT2D eigenvalue weighted by atomic mass is 16.6. The van der Waals surface area contributed by atoms with E-state index in [9.17, 15) is 5.11 Å². The summed E-state index contributed by atoms with van der Waals surface area (Å²) in [5.41, 5.74) is 7.16. The van der Waals surface area contributed by atoms with Gasteiger partial charge in [-0.05, 0) is 30.1 Å². The Labute approximate surface area is 187 Å². The summed E-state index contributed by atoms with van der Waals surface area (Å²) in [6.45, 7) is 13.2. The Kier molecular flexibility index (Phi) is 6.77. The molecule has 2 aromatic rings. The number of hydrazine groups is 1. The second kappa shape index (κ2) is 9.72. The maximum absolute atomic E-state index is 9.88. The summed E-state index contributed by atoms with van der Waals surface area (Å²) >= 11 is 0. The molecule has 0 amide bonds. The fourth-order valence-electron chi connectivity index (χ4n) is 4.06. The lowest BCUT2D eigenvalue weighted by Crippen LogP contribution is -2.53. The Morgan fingerprint density at radius 3 is 3.03 bits per heavy atom. The number of hydrogen-bond acceptors (Lipinski definition) is 9. The number of nitrogens with zero attached hydrogens (tertiary/aromatic N) is 5. The zero-order valence-corrected chi connectivity index (χ0v) is 18.2. The van der Waals surface area contributed by atoms with Crippen molar-refractivity contribution < 1.29 is 9.84 Å². The molecule has 1 unspecified atom stereocenters. The third-order valence-corrected chi connectivity index (χ3v) is 6.16. The first kappa shape index (κ1) is 22.3. The van der Waals surface area contributed by atoms with Gasteiger partial charge in [0.15, 0.2) is 0 Å². The Bertz CT molecular complexity index is 990. The highest BCUT2D eigenvalue weighted by Gasteiger charge is 2.37. The summed E-state index contributed by atoms with van der Waals surface area (Å²) in [5, 5.41) is 16.7. The molecule has 10 heteroatoms. The SMILES string of the molecule is C=C(C(=C)[C@@H](C/C=C(\C)c1cn[nH]c1)NN)c1cc(N2CCN3C(CO[C@@H]3O)C2)ncn1. The van der Waals surface area contributed by atoms with Crippen LogP contribution in [0.3, 0.4) is 0 Å². The fraction of sp³-hybridized carbons (Fsp3) is 0.409. The molecule has 0 saturated carbocycles. The van der Waals surface area contributed by atoms with Crippen molar-refractivity contribution in [3.63, 3.8) is 0 Å². The lowest BCUT2D eigenvalue weighted by molar-refractivity contribution is -0.136. The number of fused-ring (bicyclic) bond motifs is 1. The summed E-state index contributed by atoms with van der Waals surface area (Å²) in [4.78, 5) is 13.0. The zero-order valence-electron chi connectivity index (χ0n) is 18.2. The van der Waals surface area contributed by atoms with E-state index in [4.69, 9.17) is 10.6 Å². The van der Waals surface area contributed by atoms with Crippen molar-refractivity contribution in [2.24, 2.45) is 5.84 Å². The molecule has 32 heavy (non-hydrogen) atoms. The monoisotopic (exact) mass is 438 g/mol. The molecule has 2 aliphatic rings. The first-order valence-electron chi connectivity index (χ1n) is 10.6. The van der Waals surface area contributed by atoms with Gasteiger partial charge in [-0.2, -0.15) is 5.10 Å². The van der Waals surface area contributed by atoms with Crippen LogP contribution < -0.4 is 16.2 Å². The quantitative estimate of drug-likeness (QED) is 0.270. The molecule has 10 nitrogen and oxygen atoms in total. The topological polar surface area (TPSA) is 128 Å². The summed E-state index contributed by atoms with van der Waals surface area (Å²) in [6.07, 6.45) is 7.11. The molecule has 0 spiro atoms. The minimum atomic E-state index is -0.807. The maximum Gasteiger partial charge on any atom is 0.216 e. The first-order valence-corrected chi connectivity index (χ1v) is 10.6. The minimum Gasteiger partial charge on any atom is -0.356 e. The van der Waals surface area contributed by atoms with E-state index in [0.717, 1.165) is 35.6 Å². The van der Waals surface area contributed by atoms with Crippen LogP contribution in [0.15, 0.2) is 49.6 Å². The fourth-order valence-corrected chi connectivity index (χ4v) is 4.06. The van der Waals surface area contributed by atoms with E-state index in [0.29, 0.717) is 30.8 Å². The lowest BCUT2D eigenvalue weighted by Gasteiger charge is -2.37. The van der Waals surface area contributed by atoms with Crippen LogP contribution in [0.25, 0.3) is 11.1 Å². The molecule has 2 fully saturated rings. The molecule has 4 heterocycles. The molecule has 0 bridgehead atoms. The van der Waals surface area contributed by atoms with Gasteiger partial charge in [0, 0.05) is 43.5 Å². The van der Waals surface area contributed by atoms with Crippen LogP contribution in [0.5, 0.6) is 0 Å². The molecule has 170 valence electrons. The summed E-state index contributed by atoms with van der Waals surface area (Å²) in [6, 6.07) is 1.88. The molecular weight excluding hydrogens is 408 g/mol. The summed E-state index contributed by atoms with van der Waals surface area (Å²) in [7, 11) is 0. The van der Waals surface area contributed by atoms with Crippen LogP contribution in [-0.2, 0) is 4.74 Å². The first-order chi connectivity index (χ1) is 15.5. The highest BCUT2D eigenvalue weighted by Crippen LogP contribution is 2.27. The number of hydrogen-bond donors (Lipinski definition) is 4. The van der Waals surface area contributed by atoms with Gasteiger partial charge in [-0.1, -0.05) is 19.2 Å². The van der Waals surface area contributed by atoms with E-state index in [1.807, 2.05) is 24.1 Å². The van der Waals surface area contributed by atoms with E-state index in [2.05, 4.69) is 49.7 Å². The molecule has 2 aliphatic heterocycles. The zero-order chi connectivity index (χ0) is 22.7.